The Morgan fingerprint density at radius 2 is 1.23 bits per heavy atom. The summed E-state index contributed by atoms with van der Waals surface area (Å²) < 4.78 is 5.77. The fraction of sp³-hybridized carbons (Fsp3) is 0. The minimum atomic E-state index is -0.0481. The molecule has 0 saturated carbocycles. The van der Waals surface area contributed by atoms with Crippen LogP contribution in [0.1, 0.15) is 27.0 Å². The maximum atomic E-state index is 12.8. The molecule has 0 amide bonds. The highest BCUT2D eigenvalue weighted by Gasteiger charge is 2.09. The summed E-state index contributed by atoms with van der Waals surface area (Å²) in [6.07, 6.45) is 0. The first-order valence-corrected chi connectivity index (χ1v) is 9.53. The first-order valence-electron chi connectivity index (χ1n) is 9.53. The average molecular weight is 389 g/mol. The molecule has 0 aliphatic heterocycles. The molecule has 30 heavy (non-hydrogen) atoms. The van der Waals surface area contributed by atoms with Gasteiger partial charge in [0.2, 0.25) is 0 Å². The molecule has 0 fully saturated rings. The highest BCUT2D eigenvalue weighted by atomic mass is 16.5. The van der Waals surface area contributed by atoms with E-state index in [1.165, 1.54) is 0 Å². The van der Waals surface area contributed by atoms with E-state index in [4.69, 9.17) is 10.5 Å². The highest BCUT2D eigenvalue weighted by Crippen LogP contribution is 2.24. The summed E-state index contributed by atoms with van der Waals surface area (Å²) in [4.78, 5) is 12.8. The van der Waals surface area contributed by atoms with E-state index in [9.17, 15) is 4.79 Å². The maximum Gasteiger partial charge on any atom is 0.193 e. The Balaban J connectivity index is 1.44. The SMILES string of the molecule is Nc1cccc(Oc2ccc(C(=O)c3ccc(C#Cc4ccccc4)cc3)cc2)c1. The molecule has 0 aliphatic rings. The summed E-state index contributed by atoms with van der Waals surface area (Å²) in [5, 5.41) is 0. The zero-order valence-corrected chi connectivity index (χ0v) is 16.2. The third-order valence-electron chi connectivity index (χ3n) is 4.48. The van der Waals surface area contributed by atoms with Crippen LogP contribution in [0.5, 0.6) is 11.5 Å². The van der Waals surface area contributed by atoms with Crippen molar-refractivity contribution in [2.75, 3.05) is 5.73 Å². The number of benzene rings is 4. The van der Waals surface area contributed by atoms with Gasteiger partial charge in [0.1, 0.15) is 11.5 Å². The van der Waals surface area contributed by atoms with Crippen molar-refractivity contribution >= 4 is 11.5 Å². The molecule has 4 aromatic carbocycles. The summed E-state index contributed by atoms with van der Waals surface area (Å²) in [6.45, 7) is 0. The Hall–Kier alpha value is -4.29. The van der Waals surface area contributed by atoms with Crippen LogP contribution in [-0.4, -0.2) is 5.78 Å². The van der Waals surface area contributed by atoms with Crippen LogP contribution in [-0.2, 0) is 0 Å². The summed E-state index contributed by atoms with van der Waals surface area (Å²) in [6, 6.07) is 31.4. The molecule has 0 aliphatic carbocycles. The first-order chi connectivity index (χ1) is 14.7. The van der Waals surface area contributed by atoms with Crippen molar-refractivity contribution in [3.8, 4) is 23.3 Å². The van der Waals surface area contributed by atoms with Gasteiger partial charge in [0.25, 0.3) is 0 Å². The lowest BCUT2D eigenvalue weighted by Gasteiger charge is -2.07. The predicted octanol–water partition coefficient (Wildman–Crippen LogP) is 5.69. The summed E-state index contributed by atoms with van der Waals surface area (Å²) in [5.41, 5.74) is 9.43. The Morgan fingerprint density at radius 3 is 1.87 bits per heavy atom. The normalized spacial score (nSPS) is 10.0. The minimum absolute atomic E-state index is 0.0481. The maximum absolute atomic E-state index is 12.8. The smallest absolute Gasteiger partial charge is 0.193 e. The van der Waals surface area contributed by atoms with Gasteiger partial charge in [-0.2, -0.15) is 0 Å². The van der Waals surface area contributed by atoms with Crippen LogP contribution in [0, 0.1) is 11.8 Å². The topological polar surface area (TPSA) is 52.3 Å². The Labute approximate surface area is 175 Å². The number of hydrogen-bond acceptors (Lipinski definition) is 3. The van der Waals surface area contributed by atoms with Crippen LogP contribution in [0.15, 0.2) is 103 Å². The number of nitrogens with two attached hydrogens (primary N) is 1. The minimum Gasteiger partial charge on any atom is -0.457 e. The van der Waals surface area contributed by atoms with E-state index in [1.807, 2.05) is 54.6 Å². The number of carbonyl (C=O) groups excluding carboxylic acids is 1. The molecule has 4 aromatic rings. The highest BCUT2D eigenvalue weighted by molar-refractivity contribution is 6.09. The van der Waals surface area contributed by atoms with Crippen molar-refractivity contribution in [1.82, 2.24) is 0 Å². The average Bonchev–Trinajstić information content (AvgIpc) is 2.79. The molecule has 2 N–H and O–H groups in total. The number of nitrogen functional groups attached to an aromatic ring is 1. The quantitative estimate of drug-likeness (QED) is 0.277. The van der Waals surface area contributed by atoms with Gasteiger partial charge < -0.3 is 10.5 Å². The largest absolute Gasteiger partial charge is 0.457 e. The van der Waals surface area contributed by atoms with Gasteiger partial charge in [-0.25, -0.2) is 0 Å². The molecule has 0 bridgehead atoms. The molecule has 0 radical (unpaired) electrons. The Bertz CT molecular complexity index is 1220. The standard InChI is InChI=1S/C27H19NO2/c28-24-7-4-8-26(19-24)30-25-17-15-23(16-18-25)27(29)22-13-11-21(12-14-22)10-9-20-5-2-1-3-6-20/h1-8,11-19H,28H2. The molecule has 0 saturated heterocycles. The molecule has 144 valence electrons. The van der Waals surface area contributed by atoms with Crippen molar-refractivity contribution in [3.05, 3.63) is 125 Å². The van der Waals surface area contributed by atoms with Crippen LogP contribution in [0.3, 0.4) is 0 Å². The lowest BCUT2D eigenvalue weighted by molar-refractivity contribution is 0.103. The lowest BCUT2D eigenvalue weighted by atomic mass is 10.0. The second kappa shape index (κ2) is 8.81. The van der Waals surface area contributed by atoms with Crippen LogP contribution in [0.2, 0.25) is 0 Å². The van der Waals surface area contributed by atoms with Crippen LogP contribution in [0.25, 0.3) is 0 Å². The number of ketones is 1. The Morgan fingerprint density at radius 1 is 0.633 bits per heavy atom. The van der Waals surface area contributed by atoms with Crippen LogP contribution < -0.4 is 10.5 Å². The van der Waals surface area contributed by atoms with E-state index in [0.29, 0.717) is 28.3 Å². The summed E-state index contributed by atoms with van der Waals surface area (Å²) in [5.74, 6) is 7.48. The first kappa shape index (κ1) is 19.0. The predicted molar refractivity (Wildman–Crippen MR) is 120 cm³/mol. The Kier molecular flexibility index (Phi) is 5.59. The molecule has 3 heteroatoms. The van der Waals surface area contributed by atoms with Crippen molar-refractivity contribution in [2.24, 2.45) is 0 Å². The molecule has 0 unspecified atom stereocenters. The van der Waals surface area contributed by atoms with E-state index in [-0.39, 0.29) is 5.78 Å². The monoisotopic (exact) mass is 389 g/mol. The molecule has 0 atom stereocenters. The number of anilines is 1. The van der Waals surface area contributed by atoms with Gasteiger partial charge in [-0.05, 0) is 72.8 Å². The second-order valence-electron chi connectivity index (χ2n) is 6.72. The molecular weight excluding hydrogens is 370 g/mol. The third kappa shape index (κ3) is 4.76. The number of carbonyl (C=O) groups is 1. The van der Waals surface area contributed by atoms with E-state index >= 15 is 0 Å². The van der Waals surface area contributed by atoms with Crippen molar-refractivity contribution < 1.29 is 9.53 Å². The van der Waals surface area contributed by atoms with Crippen LogP contribution >= 0.6 is 0 Å². The van der Waals surface area contributed by atoms with Gasteiger partial charge in [0.05, 0.1) is 0 Å². The van der Waals surface area contributed by atoms with Gasteiger partial charge in [0, 0.05) is 34.0 Å². The van der Waals surface area contributed by atoms with Gasteiger partial charge in [-0.15, -0.1) is 0 Å². The molecule has 4 rings (SSSR count). The zero-order valence-electron chi connectivity index (χ0n) is 16.2. The number of rotatable bonds is 4. The fourth-order valence-corrected chi connectivity index (χ4v) is 2.93. The number of hydrogen-bond donors (Lipinski definition) is 1. The van der Waals surface area contributed by atoms with Gasteiger partial charge in [0.15, 0.2) is 5.78 Å². The van der Waals surface area contributed by atoms with Crippen molar-refractivity contribution in [3.63, 3.8) is 0 Å². The van der Waals surface area contributed by atoms with E-state index in [2.05, 4.69) is 11.8 Å². The molecule has 0 heterocycles. The number of ether oxygens (including phenoxy) is 1. The van der Waals surface area contributed by atoms with E-state index in [1.54, 1.807) is 48.5 Å². The third-order valence-corrected chi connectivity index (χ3v) is 4.48. The van der Waals surface area contributed by atoms with E-state index in [0.717, 1.165) is 11.1 Å². The molecule has 0 aromatic heterocycles. The van der Waals surface area contributed by atoms with Crippen molar-refractivity contribution in [2.45, 2.75) is 0 Å². The van der Waals surface area contributed by atoms with Gasteiger partial charge in [-0.1, -0.05) is 36.1 Å². The molecule has 0 spiro atoms. The summed E-state index contributed by atoms with van der Waals surface area (Å²) in [7, 11) is 0. The van der Waals surface area contributed by atoms with Crippen molar-refractivity contribution in [1.29, 1.82) is 0 Å². The van der Waals surface area contributed by atoms with Crippen LogP contribution in [0.4, 0.5) is 5.69 Å². The molecular formula is C27H19NO2. The van der Waals surface area contributed by atoms with E-state index < -0.39 is 0 Å². The fourth-order valence-electron chi connectivity index (χ4n) is 2.93. The van der Waals surface area contributed by atoms with Gasteiger partial charge >= 0.3 is 0 Å². The lowest BCUT2D eigenvalue weighted by Crippen LogP contribution is -2.01. The zero-order chi connectivity index (χ0) is 20.8. The summed E-state index contributed by atoms with van der Waals surface area (Å²) >= 11 is 0. The molecule has 3 nitrogen and oxygen atoms in total. The second-order valence-corrected chi connectivity index (χ2v) is 6.72. The van der Waals surface area contributed by atoms with Gasteiger partial charge in [-0.3, -0.25) is 4.79 Å².